The van der Waals surface area contributed by atoms with E-state index in [9.17, 15) is 26.0 Å². The summed E-state index contributed by atoms with van der Waals surface area (Å²) >= 11 is 0. The van der Waals surface area contributed by atoms with Crippen LogP contribution in [0.3, 0.4) is 0 Å². The number of aromatic nitrogens is 2. The Morgan fingerprint density at radius 1 is 1.35 bits per heavy atom. The third-order valence-electron chi connectivity index (χ3n) is 4.40. The Balaban J connectivity index is 1.67. The second-order valence-electron chi connectivity index (χ2n) is 6.36. The van der Waals surface area contributed by atoms with Crippen LogP contribution in [0.25, 0.3) is 0 Å². The van der Waals surface area contributed by atoms with Gasteiger partial charge in [0, 0.05) is 25.7 Å². The predicted octanol–water partition coefficient (Wildman–Crippen LogP) is 2.89. The third kappa shape index (κ3) is 3.90. The SMILES string of the molecule is Cc1ccc(S(=O)(=O)NCC2CCc3nc(C(F)(F)F)cn3C2)cc1F. The normalized spacial score (nSPS) is 18.0. The Labute approximate surface area is 148 Å². The van der Waals surface area contributed by atoms with Crippen molar-refractivity contribution in [2.75, 3.05) is 6.54 Å². The highest BCUT2D eigenvalue weighted by molar-refractivity contribution is 7.89. The van der Waals surface area contributed by atoms with Gasteiger partial charge in [-0.25, -0.2) is 22.5 Å². The Hall–Kier alpha value is -1.94. The Kier molecular flexibility index (Phi) is 4.82. The van der Waals surface area contributed by atoms with Crippen molar-refractivity contribution < 1.29 is 26.0 Å². The van der Waals surface area contributed by atoms with Crippen LogP contribution in [0.15, 0.2) is 29.3 Å². The number of imidazole rings is 1. The average Bonchev–Trinajstić information content (AvgIpc) is 2.99. The van der Waals surface area contributed by atoms with E-state index in [1.807, 2.05) is 0 Å². The Morgan fingerprint density at radius 3 is 2.73 bits per heavy atom. The first kappa shape index (κ1) is 18.8. The largest absolute Gasteiger partial charge is 0.434 e. The van der Waals surface area contributed by atoms with E-state index in [2.05, 4.69) is 9.71 Å². The number of hydrogen-bond donors (Lipinski definition) is 1. The van der Waals surface area contributed by atoms with Crippen LogP contribution in [0.4, 0.5) is 17.6 Å². The molecule has 0 fully saturated rings. The van der Waals surface area contributed by atoms with E-state index in [0.29, 0.717) is 24.2 Å². The number of sulfonamides is 1. The van der Waals surface area contributed by atoms with Crippen molar-refractivity contribution >= 4 is 10.0 Å². The monoisotopic (exact) mass is 391 g/mol. The molecule has 0 saturated heterocycles. The molecule has 2 aromatic rings. The first-order valence-corrected chi connectivity index (χ1v) is 9.43. The van der Waals surface area contributed by atoms with Crippen molar-refractivity contribution in [1.29, 1.82) is 0 Å². The minimum Gasteiger partial charge on any atom is -0.334 e. The van der Waals surface area contributed by atoms with Gasteiger partial charge in [0.15, 0.2) is 5.69 Å². The zero-order valence-corrected chi connectivity index (χ0v) is 14.7. The van der Waals surface area contributed by atoms with Gasteiger partial charge in [-0.05, 0) is 37.0 Å². The molecule has 1 atom stereocenters. The van der Waals surface area contributed by atoms with Crippen LogP contribution in [-0.4, -0.2) is 24.5 Å². The Morgan fingerprint density at radius 2 is 2.08 bits per heavy atom. The molecule has 1 unspecified atom stereocenters. The van der Waals surface area contributed by atoms with Crippen molar-refractivity contribution in [3.8, 4) is 0 Å². The molecule has 10 heteroatoms. The van der Waals surface area contributed by atoms with Crippen LogP contribution in [0.1, 0.15) is 23.5 Å². The molecule has 0 spiro atoms. The van der Waals surface area contributed by atoms with Gasteiger partial charge in [0.1, 0.15) is 11.6 Å². The van der Waals surface area contributed by atoms with Crippen LogP contribution >= 0.6 is 0 Å². The van der Waals surface area contributed by atoms with Gasteiger partial charge in [-0.3, -0.25) is 0 Å². The highest BCUT2D eigenvalue weighted by Gasteiger charge is 2.35. The zero-order chi connectivity index (χ0) is 19.1. The van der Waals surface area contributed by atoms with Crippen molar-refractivity contribution in [2.45, 2.75) is 37.4 Å². The second kappa shape index (κ2) is 6.66. The number of aryl methyl sites for hydroxylation is 2. The predicted molar refractivity (Wildman–Crippen MR) is 85.4 cm³/mol. The van der Waals surface area contributed by atoms with Gasteiger partial charge in [-0.15, -0.1) is 0 Å². The molecular weight excluding hydrogens is 374 g/mol. The number of nitrogens with one attached hydrogen (secondary N) is 1. The average molecular weight is 391 g/mol. The molecule has 0 amide bonds. The lowest BCUT2D eigenvalue weighted by Gasteiger charge is -2.23. The summed E-state index contributed by atoms with van der Waals surface area (Å²) in [5.41, 5.74) is -0.604. The summed E-state index contributed by atoms with van der Waals surface area (Å²) in [4.78, 5) is 3.41. The summed E-state index contributed by atoms with van der Waals surface area (Å²) in [5.74, 6) is -0.451. The molecular formula is C16H17F4N3O2S. The smallest absolute Gasteiger partial charge is 0.334 e. The molecule has 142 valence electrons. The third-order valence-corrected chi connectivity index (χ3v) is 5.82. The van der Waals surface area contributed by atoms with Crippen molar-refractivity contribution in [2.24, 2.45) is 5.92 Å². The highest BCUT2D eigenvalue weighted by atomic mass is 32.2. The van der Waals surface area contributed by atoms with E-state index in [0.717, 1.165) is 12.3 Å². The zero-order valence-electron chi connectivity index (χ0n) is 13.8. The van der Waals surface area contributed by atoms with Crippen LogP contribution in [0.2, 0.25) is 0 Å². The quantitative estimate of drug-likeness (QED) is 0.816. The number of fused-ring (bicyclic) bond motifs is 1. The van der Waals surface area contributed by atoms with Gasteiger partial charge in [0.05, 0.1) is 4.90 Å². The van der Waals surface area contributed by atoms with Crippen molar-refractivity contribution in [3.05, 3.63) is 47.3 Å². The van der Waals surface area contributed by atoms with E-state index in [1.54, 1.807) is 0 Å². The van der Waals surface area contributed by atoms with Crippen LogP contribution in [0, 0.1) is 18.7 Å². The maximum absolute atomic E-state index is 13.6. The van der Waals surface area contributed by atoms with Crippen LogP contribution in [-0.2, 0) is 29.2 Å². The van der Waals surface area contributed by atoms with Crippen LogP contribution < -0.4 is 4.72 Å². The number of halogens is 4. The second-order valence-corrected chi connectivity index (χ2v) is 8.13. The molecule has 5 nitrogen and oxygen atoms in total. The molecule has 0 saturated carbocycles. The van der Waals surface area contributed by atoms with E-state index >= 15 is 0 Å². The lowest BCUT2D eigenvalue weighted by molar-refractivity contribution is -0.141. The first-order valence-electron chi connectivity index (χ1n) is 7.95. The summed E-state index contributed by atoms with van der Waals surface area (Å²) in [7, 11) is -3.89. The summed E-state index contributed by atoms with van der Waals surface area (Å²) in [6.45, 7) is 1.82. The van der Waals surface area contributed by atoms with Gasteiger partial charge >= 0.3 is 6.18 Å². The summed E-state index contributed by atoms with van der Waals surface area (Å²) in [6.07, 6.45) is -2.71. The molecule has 3 rings (SSSR count). The van der Waals surface area contributed by atoms with Gasteiger partial charge in [0.2, 0.25) is 10.0 Å². The van der Waals surface area contributed by atoms with Crippen molar-refractivity contribution in [3.63, 3.8) is 0 Å². The molecule has 0 aliphatic carbocycles. The standard InChI is InChI=1S/C16H17F4N3O2S/c1-10-2-4-12(6-13(10)17)26(24,25)21-7-11-3-5-15-22-14(16(18,19)20)9-23(15)8-11/h2,4,6,9,11,21H,3,5,7-8H2,1H3. The van der Waals surface area contributed by atoms with Gasteiger partial charge in [-0.2, -0.15) is 13.2 Å². The highest BCUT2D eigenvalue weighted by Crippen LogP contribution is 2.30. The number of rotatable bonds is 4. The topological polar surface area (TPSA) is 64.0 Å². The van der Waals surface area contributed by atoms with E-state index in [-0.39, 0.29) is 23.9 Å². The molecule has 1 aliphatic rings. The van der Waals surface area contributed by atoms with Gasteiger partial charge in [0.25, 0.3) is 0 Å². The fraction of sp³-hybridized carbons (Fsp3) is 0.438. The molecule has 1 N–H and O–H groups in total. The molecule has 0 bridgehead atoms. The lowest BCUT2D eigenvalue weighted by atomic mass is 10.00. The maximum Gasteiger partial charge on any atom is 0.434 e. The van der Waals surface area contributed by atoms with Gasteiger partial charge in [-0.1, -0.05) is 6.07 Å². The lowest BCUT2D eigenvalue weighted by Crippen LogP contribution is -2.33. The molecule has 2 heterocycles. The number of benzene rings is 1. The minimum absolute atomic E-state index is 0.0524. The maximum atomic E-state index is 13.6. The van der Waals surface area contributed by atoms with Gasteiger partial charge < -0.3 is 4.57 Å². The minimum atomic E-state index is -4.50. The number of alkyl halides is 3. The Bertz CT molecular complexity index is 922. The van der Waals surface area contributed by atoms with Crippen molar-refractivity contribution in [1.82, 2.24) is 14.3 Å². The van der Waals surface area contributed by atoms with E-state index < -0.39 is 27.7 Å². The summed E-state index contributed by atoms with van der Waals surface area (Å²) in [6, 6.07) is 3.63. The molecule has 0 radical (unpaired) electrons. The molecule has 1 aliphatic heterocycles. The molecule has 1 aromatic heterocycles. The number of hydrogen-bond acceptors (Lipinski definition) is 3. The van der Waals surface area contributed by atoms with E-state index in [4.69, 9.17) is 0 Å². The summed E-state index contributed by atoms with van der Waals surface area (Å²) < 4.78 is 80.1. The fourth-order valence-electron chi connectivity index (χ4n) is 2.87. The first-order chi connectivity index (χ1) is 12.1. The molecule has 1 aromatic carbocycles. The number of nitrogens with zero attached hydrogens (tertiary/aromatic N) is 2. The van der Waals surface area contributed by atoms with E-state index in [1.165, 1.54) is 23.6 Å². The molecule has 26 heavy (non-hydrogen) atoms. The van der Waals surface area contributed by atoms with Crippen LogP contribution in [0.5, 0.6) is 0 Å². The fourth-order valence-corrected chi connectivity index (χ4v) is 4.00. The summed E-state index contributed by atoms with van der Waals surface area (Å²) in [5, 5.41) is 0.